The van der Waals surface area contributed by atoms with Gasteiger partial charge in [-0.15, -0.1) is 0 Å². The Balaban J connectivity index is 2.27. The molecule has 5 heteroatoms. The minimum atomic E-state index is -0.862. The van der Waals surface area contributed by atoms with Crippen molar-refractivity contribution in [2.45, 2.75) is 25.9 Å². The maximum atomic E-state index is 10.8. The van der Waals surface area contributed by atoms with Gasteiger partial charge in [0.25, 0.3) is 0 Å². The Labute approximate surface area is 75.4 Å². The van der Waals surface area contributed by atoms with Gasteiger partial charge in [-0.25, -0.2) is 4.79 Å². The van der Waals surface area contributed by atoms with Gasteiger partial charge in [0.1, 0.15) is 0 Å². The number of nitrogens with one attached hydrogen (secondary N) is 1. The molecule has 1 amide bonds. The molecule has 1 aromatic heterocycles. The van der Waals surface area contributed by atoms with Crippen molar-refractivity contribution < 1.29 is 9.90 Å². The topological polar surface area (TPSA) is 69.2 Å². The van der Waals surface area contributed by atoms with Crippen LogP contribution in [0.1, 0.15) is 18.2 Å². The first kappa shape index (κ1) is 8.10. The molecule has 1 aliphatic heterocycles. The molecule has 5 nitrogen and oxygen atoms in total. The molecule has 0 saturated heterocycles. The molecule has 2 heterocycles. The van der Waals surface area contributed by atoms with Crippen LogP contribution in [-0.2, 0) is 13.0 Å². The Bertz CT molecular complexity index is 334. The van der Waals surface area contributed by atoms with Gasteiger partial charge in [0.05, 0.1) is 12.2 Å². The van der Waals surface area contributed by atoms with Gasteiger partial charge in [-0.1, -0.05) is 0 Å². The third kappa shape index (κ3) is 1.26. The van der Waals surface area contributed by atoms with E-state index < -0.39 is 6.09 Å². The van der Waals surface area contributed by atoms with Crippen molar-refractivity contribution in [1.29, 1.82) is 0 Å². The zero-order chi connectivity index (χ0) is 9.42. The zero-order valence-corrected chi connectivity index (χ0v) is 7.32. The Morgan fingerprint density at radius 2 is 2.62 bits per heavy atom. The number of aromatic amines is 1. The molecule has 0 radical (unpaired) electrons. The van der Waals surface area contributed by atoms with Crippen LogP contribution in [0.2, 0.25) is 0 Å². The lowest BCUT2D eigenvalue weighted by Crippen LogP contribution is -2.41. The van der Waals surface area contributed by atoms with Crippen LogP contribution in [0.15, 0.2) is 6.20 Å². The van der Waals surface area contributed by atoms with E-state index >= 15 is 0 Å². The second-order valence-corrected chi connectivity index (χ2v) is 3.32. The maximum absolute atomic E-state index is 10.8. The van der Waals surface area contributed by atoms with Crippen molar-refractivity contribution in [3.63, 3.8) is 0 Å². The van der Waals surface area contributed by atoms with Crippen LogP contribution in [0.4, 0.5) is 4.79 Å². The lowest BCUT2D eigenvalue weighted by atomic mass is 10.0. The highest BCUT2D eigenvalue weighted by Crippen LogP contribution is 2.20. The molecule has 2 rings (SSSR count). The van der Waals surface area contributed by atoms with Crippen molar-refractivity contribution in [2.75, 3.05) is 0 Å². The van der Waals surface area contributed by atoms with E-state index in [1.807, 2.05) is 6.92 Å². The van der Waals surface area contributed by atoms with Crippen LogP contribution < -0.4 is 0 Å². The second kappa shape index (κ2) is 2.76. The number of aromatic nitrogens is 2. The number of H-pyrrole nitrogens is 1. The highest BCUT2D eigenvalue weighted by atomic mass is 16.4. The van der Waals surface area contributed by atoms with Gasteiger partial charge in [-0.05, 0) is 6.92 Å². The van der Waals surface area contributed by atoms with E-state index in [1.54, 1.807) is 6.20 Å². The summed E-state index contributed by atoms with van der Waals surface area (Å²) in [5.41, 5.74) is 1.98. The number of rotatable bonds is 0. The molecule has 0 bridgehead atoms. The first-order valence-electron chi connectivity index (χ1n) is 4.19. The lowest BCUT2D eigenvalue weighted by Gasteiger charge is -2.29. The average Bonchev–Trinajstić information content (AvgIpc) is 2.48. The largest absolute Gasteiger partial charge is 0.465 e. The summed E-state index contributed by atoms with van der Waals surface area (Å²) >= 11 is 0. The van der Waals surface area contributed by atoms with Crippen LogP contribution in [0.5, 0.6) is 0 Å². The lowest BCUT2D eigenvalue weighted by molar-refractivity contribution is 0.119. The van der Waals surface area contributed by atoms with E-state index in [1.165, 1.54) is 4.90 Å². The van der Waals surface area contributed by atoms with E-state index in [0.29, 0.717) is 13.0 Å². The normalized spacial score (nSPS) is 21.3. The monoisotopic (exact) mass is 181 g/mol. The fourth-order valence-corrected chi connectivity index (χ4v) is 1.64. The van der Waals surface area contributed by atoms with Crippen LogP contribution in [0.25, 0.3) is 0 Å². The third-order valence-electron chi connectivity index (χ3n) is 2.42. The molecule has 0 saturated carbocycles. The van der Waals surface area contributed by atoms with Crippen LogP contribution in [0.3, 0.4) is 0 Å². The summed E-state index contributed by atoms with van der Waals surface area (Å²) in [6.07, 6.45) is 1.60. The van der Waals surface area contributed by atoms with E-state index in [9.17, 15) is 4.79 Å². The van der Waals surface area contributed by atoms with E-state index in [0.717, 1.165) is 11.3 Å². The minimum absolute atomic E-state index is 0.0216. The Morgan fingerprint density at radius 1 is 1.85 bits per heavy atom. The van der Waals surface area contributed by atoms with Crippen molar-refractivity contribution >= 4 is 6.09 Å². The zero-order valence-electron chi connectivity index (χ0n) is 7.32. The molecule has 70 valence electrons. The van der Waals surface area contributed by atoms with Crippen molar-refractivity contribution in [2.24, 2.45) is 0 Å². The SMILES string of the molecule is CC1Cc2n[nH]cc2CN1C(=O)O. The number of nitrogens with zero attached hydrogens (tertiary/aromatic N) is 2. The summed E-state index contributed by atoms with van der Waals surface area (Å²) in [7, 11) is 0. The fraction of sp³-hybridized carbons (Fsp3) is 0.500. The van der Waals surface area contributed by atoms with Gasteiger partial charge < -0.3 is 10.0 Å². The highest BCUT2D eigenvalue weighted by Gasteiger charge is 2.27. The summed E-state index contributed by atoms with van der Waals surface area (Å²) < 4.78 is 0. The van der Waals surface area contributed by atoms with Crippen molar-refractivity contribution in [1.82, 2.24) is 15.1 Å². The Kier molecular flexibility index (Phi) is 1.72. The fourth-order valence-electron chi connectivity index (χ4n) is 1.64. The summed E-state index contributed by atoms with van der Waals surface area (Å²) in [6, 6.07) is 0.0216. The van der Waals surface area contributed by atoms with Gasteiger partial charge in [-0.2, -0.15) is 5.10 Å². The molecular weight excluding hydrogens is 170 g/mol. The second-order valence-electron chi connectivity index (χ2n) is 3.32. The van der Waals surface area contributed by atoms with E-state index in [4.69, 9.17) is 5.11 Å². The molecule has 1 unspecified atom stereocenters. The summed E-state index contributed by atoms with van der Waals surface area (Å²) in [5, 5.41) is 15.7. The van der Waals surface area contributed by atoms with Gasteiger partial charge in [0, 0.05) is 24.2 Å². The third-order valence-corrected chi connectivity index (χ3v) is 2.42. The predicted molar refractivity (Wildman–Crippen MR) is 45.3 cm³/mol. The summed E-state index contributed by atoms with van der Waals surface area (Å²) in [5.74, 6) is 0. The highest BCUT2D eigenvalue weighted by molar-refractivity contribution is 5.66. The molecule has 13 heavy (non-hydrogen) atoms. The number of carbonyl (C=O) groups is 1. The van der Waals surface area contributed by atoms with Crippen LogP contribution in [-0.4, -0.2) is 32.3 Å². The molecule has 1 aromatic rings. The van der Waals surface area contributed by atoms with E-state index in [-0.39, 0.29) is 6.04 Å². The number of hydrogen-bond acceptors (Lipinski definition) is 2. The first-order chi connectivity index (χ1) is 6.18. The molecule has 0 fully saturated rings. The number of carboxylic acid groups (broad SMARTS) is 1. The Morgan fingerprint density at radius 3 is 3.31 bits per heavy atom. The quantitative estimate of drug-likeness (QED) is 0.623. The molecule has 1 aliphatic rings. The molecule has 0 spiro atoms. The average molecular weight is 181 g/mol. The standard InChI is InChI=1S/C8H11N3O2/c1-5-2-7-6(3-9-10-7)4-11(5)8(12)13/h3,5H,2,4H2,1H3,(H,9,10)(H,12,13). The number of hydrogen-bond donors (Lipinski definition) is 2. The van der Waals surface area contributed by atoms with Gasteiger partial charge in [-0.3, -0.25) is 5.10 Å². The smallest absolute Gasteiger partial charge is 0.407 e. The predicted octanol–water partition coefficient (Wildman–Crippen LogP) is 0.834. The first-order valence-corrected chi connectivity index (χ1v) is 4.19. The molecule has 1 atom stereocenters. The van der Waals surface area contributed by atoms with Crippen LogP contribution in [0, 0.1) is 0 Å². The number of amides is 1. The minimum Gasteiger partial charge on any atom is -0.465 e. The Hall–Kier alpha value is -1.52. The maximum Gasteiger partial charge on any atom is 0.407 e. The summed E-state index contributed by atoms with van der Waals surface area (Å²) in [4.78, 5) is 12.2. The van der Waals surface area contributed by atoms with Crippen molar-refractivity contribution in [3.8, 4) is 0 Å². The van der Waals surface area contributed by atoms with E-state index in [2.05, 4.69) is 10.2 Å². The van der Waals surface area contributed by atoms with Crippen molar-refractivity contribution in [3.05, 3.63) is 17.5 Å². The van der Waals surface area contributed by atoms with Crippen LogP contribution >= 0.6 is 0 Å². The molecule has 0 aromatic carbocycles. The van der Waals surface area contributed by atoms with Gasteiger partial charge >= 0.3 is 6.09 Å². The molecular formula is C8H11N3O2. The molecule has 0 aliphatic carbocycles. The number of fused-ring (bicyclic) bond motifs is 1. The van der Waals surface area contributed by atoms with Gasteiger partial charge in [0.15, 0.2) is 0 Å². The molecule has 2 N–H and O–H groups in total. The summed E-state index contributed by atoms with van der Waals surface area (Å²) in [6.45, 7) is 2.34. The van der Waals surface area contributed by atoms with Gasteiger partial charge in [0.2, 0.25) is 0 Å².